The smallest absolute Gasteiger partial charge is 0.417 e. The molecule has 4 aromatic carbocycles. The fourth-order valence-electron chi connectivity index (χ4n) is 6.39. The Morgan fingerprint density at radius 1 is 1.00 bits per heavy atom. The third-order valence-electron chi connectivity index (χ3n) is 9.09. The molecule has 15 heteroatoms. The monoisotopic (exact) mass is 834 g/mol. The molecule has 2 aliphatic heterocycles. The number of carbonyl (C=O) groups is 3. The lowest BCUT2D eigenvalue weighted by Crippen LogP contribution is -2.61. The molecule has 0 bridgehead atoms. The molecule has 1 saturated heterocycles. The maximum Gasteiger partial charge on any atom is 0.417 e. The molecule has 2 heterocycles. The largest absolute Gasteiger partial charge is 0.504 e. The van der Waals surface area contributed by atoms with Crippen LogP contribution in [0.1, 0.15) is 47.2 Å². The van der Waals surface area contributed by atoms with E-state index < -0.39 is 40.2 Å². The third-order valence-corrected chi connectivity index (χ3v) is 11.4. The summed E-state index contributed by atoms with van der Waals surface area (Å²) < 4.78 is 55.8. The van der Waals surface area contributed by atoms with Gasteiger partial charge in [-0.2, -0.15) is 8.42 Å². The van der Waals surface area contributed by atoms with Crippen LogP contribution in [-0.4, -0.2) is 67.3 Å². The van der Waals surface area contributed by atoms with E-state index in [9.17, 15) is 27.9 Å². The lowest BCUT2D eigenvalue weighted by atomic mass is 9.96. The van der Waals surface area contributed by atoms with Crippen molar-refractivity contribution < 1.29 is 51.0 Å². The van der Waals surface area contributed by atoms with E-state index in [1.165, 1.54) is 42.4 Å². The van der Waals surface area contributed by atoms with E-state index in [0.29, 0.717) is 21.2 Å². The summed E-state index contributed by atoms with van der Waals surface area (Å²) in [6, 6.07) is 16.4. The van der Waals surface area contributed by atoms with E-state index in [1.807, 2.05) is 6.92 Å². The number of hydrogen-bond donors (Lipinski definition) is 1. The molecule has 288 valence electrons. The van der Waals surface area contributed by atoms with Gasteiger partial charge in [0.1, 0.15) is 16.6 Å². The van der Waals surface area contributed by atoms with Crippen molar-refractivity contribution in [1.82, 2.24) is 9.80 Å². The maximum atomic E-state index is 14.9. The summed E-state index contributed by atoms with van der Waals surface area (Å²) in [5.41, 5.74) is 2.50. The van der Waals surface area contributed by atoms with Crippen molar-refractivity contribution in [3.63, 3.8) is 0 Å². The molecule has 2 aliphatic rings. The molecule has 1 atom stereocenters. The van der Waals surface area contributed by atoms with Crippen LogP contribution < -0.4 is 18.4 Å². The summed E-state index contributed by atoms with van der Waals surface area (Å²) in [4.78, 5) is 45.5. The number of aryl methyl sites for hydroxylation is 1. The Hall–Kier alpha value is -5.54. The van der Waals surface area contributed by atoms with Crippen molar-refractivity contribution in [3.8, 4) is 28.7 Å². The van der Waals surface area contributed by atoms with Crippen LogP contribution in [0, 0.1) is 20.8 Å². The SMILES string of the molecule is COc1c(O)cc(CC2C(=O)N(Cc3ccccc3)/C(=C\c3cc4c(c(C)c3OS(=O)(=O)c3ccc(C)cc3)OCO4)C(=O)N2C(=O)OC(C)C)c(Br)c1C. The highest BCUT2D eigenvalue weighted by Crippen LogP contribution is 2.45. The Morgan fingerprint density at radius 3 is 2.35 bits per heavy atom. The zero-order valence-corrected chi connectivity index (χ0v) is 33.3. The number of nitrogens with zero attached hydrogens (tertiary/aromatic N) is 2. The molecule has 55 heavy (non-hydrogen) atoms. The number of fused-ring (bicyclic) bond motifs is 1. The fraction of sp³-hybridized carbons (Fsp3) is 0.275. The summed E-state index contributed by atoms with van der Waals surface area (Å²) in [7, 11) is -3.02. The van der Waals surface area contributed by atoms with E-state index in [-0.39, 0.29) is 70.2 Å². The Morgan fingerprint density at radius 2 is 1.69 bits per heavy atom. The Labute approximate surface area is 327 Å². The number of halogens is 1. The molecular weight excluding hydrogens is 796 g/mol. The molecule has 0 spiro atoms. The zero-order valence-electron chi connectivity index (χ0n) is 30.9. The lowest BCUT2D eigenvalue weighted by molar-refractivity contribution is -0.149. The quantitative estimate of drug-likeness (QED) is 0.130. The van der Waals surface area contributed by atoms with Gasteiger partial charge in [-0.25, -0.2) is 9.69 Å². The summed E-state index contributed by atoms with van der Waals surface area (Å²) in [5.74, 6) is -1.21. The number of aromatic hydroxyl groups is 1. The highest BCUT2D eigenvalue weighted by atomic mass is 79.9. The van der Waals surface area contributed by atoms with Gasteiger partial charge in [0.05, 0.1) is 19.8 Å². The van der Waals surface area contributed by atoms with Gasteiger partial charge in [0.25, 0.3) is 11.8 Å². The molecule has 0 aromatic heterocycles. The topological polar surface area (TPSA) is 158 Å². The first-order valence-electron chi connectivity index (χ1n) is 17.2. The summed E-state index contributed by atoms with van der Waals surface area (Å²) in [5, 5.41) is 10.8. The van der Waals surface area contributed by atoms with Crippen molar-refractivity contribution in [2.24, 2.45) is 0 Å². The number of ether oxygens (including phenoxy) is 4. The molecule has 0 saturated carbocycles. The van der Waals surface area contributed by atoms with Gasteiger partial charge in [-0.05, 0) is 76.1 Å². The number of carbonyl (C=O) groups excluding carboxylic acids is 3. The molecular formula is C40H39BrN2O11S. The normalized spacial score (nSPS) is 16.2. The van der Waals surface area contributed by atoms with Crippen LogP contribution in [0.2, 0.25) is 0 Å². The van der Waals surface area contributed by atoms with Crippen molar-refractivity contribution in [1.29, 1.82) is 0 Å². The van der Waals surface area contributed by atoms with Gasteiger partial charge in [0.15, 0.2) is 28.7 Å². The van der Waals surface area contributed by atoms with Gasteiger partial charge in [-0.15, -0.1) is 0 Å². The molecule has 1 N–H and O–H groups in total. The highest BCUT2D eigenvalue weighted by Gasteiger charge is 2.47. The maximum absolute atomic E-state index is 14.9. The summed E-state index contributed by atoms with van der Waals surface area (Å²) in [6.07, 6.45) is -0.645. The van der Waals surface area contributed by atoms with E-state index in [0.717, 1.165) is 10.5 Å². The number of hydrogen-bond acceptors (Lipinski definition) is 11. The molecule has 13 nitrogen and oxygen atoms in total. The van der Waals surface area contributed by atoms with Crippen LogP contribution >= 0.6 is 15.9 Å². The minimum atomic E-state index is -4.43. The molecule has 6 rings (SSSR count). The Bertz CT molecular complexity index is 2310. The molecule has 1 unspecified atom stereocenters. The average Bonchev–Trinajstić information content (AvgIpc) is 3.61. The minimum Gasteiger partial charge on any atom is -0.504 e. The standard InChI is InChI=1S/C40H39BrN2O11S/c1-22(2)53-40(47)43-31(16-27-18-32(44)36(50-6)24(4)34(27)41)38(45)42(20-26-10-8-7-9-11-26)30(39(43)46)17-28-19-33-37(52-21-51-33)25(5)35(28)54-55(48,49)29-14-12-23(3)13-15-29/h7-15,17-19,22,31,44H,16,20-21H2,1-6H3/b30-17-. The van der Waals surface area contributed by atoms with E-state index >= 15 is 0 Å². The first kappa shape index (κ1) is 39.2. The molecule has 4 aromatic rings. The Balaban J connectivity index is 1.54. The number of phenolic OH excluding ortho intramolecular Hbond substituents is 1. The predicted molar refractivity (Wildman–Crippen MR) is 204 cm³/mol. The number of piperazine rings is 1. The fourth-order valence-corrected chi connectivity index (χ4v) is 7.85. The lowest BCUT2D eigenvalue weighted by Gasteiger charge is -2.40. The van der Waals surface area contributed by atoms with Crippen molar-refractivity contribution in [2.75, 3.05) is 13.9 Å². The highest BCUT2D eigenvalue weighted by molar-refractivity contribution is 9.10. The zero-order chi connectivity index (χ0) is 39.8. The van der Waals surface area contributed by atoms with Crippen molar-refractivity contribution >= 4 is 50.0 Å². The molecule has 0 radical (unpaired) electrons. The second kappa shape index (κ2) is 15.7. The Kier molecular flexibility index (Phi) is 11.2. The van der Waals surface area contributed by atoms with E-state index in [1.54, 1.807) is 70.2 Å². The van der Waals surface area contributed by atoms with Gasteiger partial charge in [-0.1, -0.05) is 64.0 Å². The predicted octanol–water partition coefficient (Wildman–Crippen LogP) is 6.95. The second-order valence-corrected chi connectivity index (χ2v) is 15.6. The van der Waals surface area contributed by atoms with Crippen LogP contribution in [0.4, 0.5) is 4.79 Å². The number of benzene rings is 4. The van der Waals surface area contributed by atoms with Gasteiger partial charge >= 0.3 is 16.2 Å². The number of imide groups is 1. The van der Waals surface area contributed by atoms with Crippen molar-refractivity contribution in [2.45, 2.75) is 64.6 Å². The first-order valence-corrected chi connectivity index (χ1v) is 19.4. The van der Waals surface area contributed by atoms with Crippen LogP contribution in [0.3, 0.4) is 0 Å². The second-order valence-electron chi connectivity index (χ2n) is 13.3. The third kappa shape index (κ3) is 7.85. The average molecular weight is 836 g/mol. The van der Waals surface area contributed by atoms with Crippen LogP contribution in [-0.2, 0) is 37.4 Å². The molecule has 1 fully saturated rings. The van der Waals surface area contributed by atoms with Gasteiger partial charge < -0.3 is 33.1 Å². The van der Waals surface area contributed by atoms with Gasteiger partial charge in [-0.3, -0.25) is 9.59 Å². The van der Waals surface area contributed by atoms with Gasteiger partial charge in [0, 0.05) is 27.6 Å². The summed E-state index contributed by atoms with van der Waals surface area (Å²) in [6.45, 7) is 8.07. The van der Waals surface area contributed by atoms with Crippen LogP contribution in [0.15, 0.2) is 81.8 Å². The number of amides is 3. The van der Waals surface area contributed by atoms with Gasteiger partial charge in [0.2, 0.25) is 6.79 Å². The van der Waals surface area contributed by atoms with Crippen LogP contribution in [0.5, 0.6) is 28.7 Å². The number of rotatable bonds is 10. The molecule has 3 amide bonds. The van der Waals surface area contributed by atoms with E-state index in [4.69, 9.17) is 23.1 Å². The van der Waals surface area contributed by atoms with Crippen molar-refractivity contribution in [3.05, 3.63) is 110 Å². The van der Waals surface area contributed by atoms with E-state index in [2.05, 4.69) is 15.9 Å². The molecule has 0 aliphatic carbocycles. The number of phenols is 1. The minimum absolute atomic E-state index is 0.0562. The first-order chi connectivity index (χ1) is 26.1. The summed E-state index contributed by atoms with van der Waals surface area (Å²) >= 11 is 3.54. The number of methoxy groups -OCH3 is 1. The van der Waals surface area contributed by atoms with Crippen LogP contribution in [0.25, 0.3) is 6.08 Å².